The van der Waals surface area contributed by atoms with Gasteiger partial charge in [-0.1, -0.05) is 27.7 Å². The number of nitrogens with zero attached hydrogens (tertiary/aromatic N) is 1. The first kappa shape index (κ1) is 12.3. The van der Waals surface area contributed by atoms with Gasteiger partial charge < -0.3 is 11.1 Å². The molecule has 0 radical (unpaired) electrons. The zero-order chi connectivity index (χ0) is 11.6. The van der Waals surface area contributed by atoms with Crippen LogP contribution >= 0.6 is 11.5 Å². The Kier molecular flexibility index (Phi) is 3.60. The number of nitrogens with one attached hydrogen (secondary N) is 1. The molecule has 0 saturated heterocycles. The molecular weight excluding hydrogens is 206 g/mol. The fourth-order valence-corrected chi connectivity index (χ4v) is 1.78. The molecule has 1 aromatic heterocycles. The van der Waals surface area contributed by atoms with Crippen LogP contribution in [0.25, 0.3) is 0 Å². The summed E-state index contributed by atoms with van der Waals surface area (Å²) in [6, 6.07) is 0. The molecule has 1 rings (SSSR count). The maximum absolute atomic E-state index is 5.69. The molecule has 0 amide bonds. The summed E-state index contributed by atoms with van der Waals surface area (Å²) < 4.78 is 4.11. The number of aromatic nitrogens is 1. The molecule has 0 bridgehead atoms. The highest BCUT2D eigenvalue weighted by Crippen LogP contribution is 2.29. The topological polar surface area (TPSA) is 50.9 Å². The Labute approximate surface area is 96.2 Å². The minimum Gasteiger partial charge on any atom is -0.383 e. The van der Waals surface area contributed by atoms with Crippen LogP contribution in [0.2, 0.25) is 0 Å². The Morgan fingerprint density at radius 1 is 1.47 bits per heavy atom. The molecule has 1 atom stereocenters. The van der Waals surface area contributed by atoms with Gasteiger partial charge in [-0.25, -0.2) is 0 Å². The molecule has 1 heterocycles. The van der Waals surface area contributed by atoms with E-state index in [1.165, 1.54) is 11.5 Å². The van der Waals surface area contributed by atoms with Crippen molar-refractivity contribution in [3.05, 3.63) is 5.56 Å². The average molecular weight is 227 g/mol. The van der Waals surface area contributed by atoms with Crippen molar-refractivity contribution in [2.75, 3.05) is 17.6 Å². The van der Waals surface area contributed by atoms with Crippen molar-refractivity contribution in [2.24, 2.45) is 11.3 Å². The Morgan fingerprint density at radius 2 is 2.07 bits per heavy atom. The lowest BCUT2D eigenvalue weighted by molar-refractivity contribution is 0.275. The molecule has 0 saturated carbocycles. The minimum absolute atomic E-state index is 0.330. The van der Waals surface area contributed by atoms with Crippen molar-refractivity contribution in [3.63, 3.8) is 0 Å². The maximum Gasteiger partial charge on any atom is 0.142 e. The highest BCUT2D eigenvalue weighted by atomic mass is 32.1. The van der Waals surface area contributed by atoms with E-state index in [9.17, 15) is 0 Å². The Balaban J connectivity index is 2.55. The monoisotopic (exact) mass is 227 g/mol. The summed E-state index contributed by atoms with van der Waals surface area (Å²) in [5.74, 6) is 1.26. The van der Waals surface area contributed by atoms with Crippen LogP contribution in [0.1, 0.15) is 33.3 Å². The van der Waals surface area contributed by atoms with Crippen molar-refractivity contribution in [2.45, 2.75) is 34.6 Å². The van der Waals surface area contributed by atoms with Crippen LogP contribution < -0.4 is 11.1 Å². The van der Waals surface area contributed by atoms with E-state index in [1.54, 1.807) is 0 Å². The normalized spacial score (nSPS) is 13.9. The van der Waals surface area contributed by atoms with Crippen LogP contribution in [0.15, 0.2) is 0 Å². The standard InChI is InChI=1S/C11H21N3S/c1-7(11(3,4)5)6-13-10-8(2)9(12)14-15-10/h7,13H,6H2,1-5H3,(H2,12,14). The number of nitrogens with two attached hydrogens (primary N) is 1. The molecule has 0 fully saturated rings. The number of hydrogen-bond donors (Lipinski definition) is 2. The third-order valence-corrected chi connectivity index (χ3v) is 3.93. The van der Waals surface area contributed by atoms with E-state index >= 15 is 0 Å². The van der Waals surface area contributed by atoms with Crippen LogP contribution in [-0.4, -0.2) is 10.9 Å². The summed E-state index contributed by atoms with van der Waals surface area (Å²) in [5, 5.41) is 4.52. The molecule has 0 aliphatic carbocycles. The van der Waals surface area contributed by atoms with Gasteiger partial charge in [-0.15, -0.1) is 0 Å². The fourth-order valence-electron chi connectivity index (χ4n) is 1.06. The summed E-state index contributed by atoms with van der Waals surface area (Å²) in [5.41, 5.74) is 7.09. The molecule has 0 aliphatic heterocycles. The summed E-state index contributed by atoms with van der Waals surface area (Å²) >= 11 is 1.44. The molecule has 3 N–H and O–H groups in total. The lowest BCUT2D eigenvalue weighted by atomic mass is 9.82. The maximum atomic E-state index is 5.69. The van der Waals surface area contributed by atoms with E-state index in [2.05, 4.69) is 37.4 Å². The van der Waals surface area contributed by atoms with Gasteiger partial charge in [0.15, 0.2) is 0 Å². The molecule has 3 nitrogen and oxygen atoms in total. The molecular formula is C11H21N3S. The van der Waals surface area contributed by atoms with Crippen LogP contribution in [-0.2, 0) is 0 Å². The van der Waals surface area contributed by atoms with Gasteiger partial charge in [0.05, 0.1) is 0 Å². The molecule has 0 aromatic carbocycles. The zero-order valence-corrected chi connectivity index (χ0v) is 11.0. The number of hydrogen-bond acceptors (Lipinski definition) is 4. The highest BCUT2D eigenvalue weighted by molar-refractivity contribution is 7.10. The van der Waals surface area contributed by atoms with Gasteiger partial charge in [-0.2, -0.15) is 4.37 Å². The second kappa shape index (κ2) is 4.39. The quantitative estimate of drug-likeness (QED) is 0.834. The van der Waals surface area contributed by atoms with Crippen molar-refractivity contribution in [1.29, 1.82) is 0 Å². The third kappa shape index (κ3) is 3.09. The first-order chi connectivity index (χ1) is 6.82. The van der Waals surface area contributed by atoms with Gasteiger partial charge in [-0.3, -0.25) is 0 Å². The van der Waals surface area contributed by atoms with Gasteiger partial charge in [-0.05, 0) is 29.8 Å². The van der Waals surface area contributed by atoms with Gasteiger partial charge >= 0.3 is 0 Å². The van der Waals surface area contributed by atoms with Crippen LogP contribution in [0.3, 0.4) is 0 Å². The van der Waals surface area contributed by atoms with Crippen LogP contribution in [0, 0.1) is 18.3 Å². The van der Waals surface area contributed by atoms with Gasteiger partial charge in [0.2, 0.25) is 0 Å². The average Bonchev–Trinajstić information content (AvgIpc) is 2.43. The molecule has 1 unspecified atom stereocenters. The number of anilines is 2. The largest absolute Gasteiger partial charge is 0.383 e. The molecule has 1 aromatic rings. The van der Waals surface area contributed by atoms with Gasteiger partial charge in [0.1, 0.15) is 10.8 Å². The van der Waals surface area contributed by atoms with Crippen molar-refractivity contribution < 1.29 is 0 Å². The van der Waals surface area contributed by atoms with Crippen LogP contribution in [0.5, 0.6) is 0 Å². The number of nitrogen functional groups attached to an aromatic ring is 1. The minimum atomic E-state index is 0.330. The van der Waals surface area contributed by atoms with E-state index in [0.29, 0.717) is 17.2 Å². The predicted octanol–water partition coefficient (Wildman–Crippen LogP) is 3.13. The molecule has 0 spiro atoms. The van der Waals surface area contributed by atoms with E-state index in [0.717, 1.165) is 17.1 Å². The van der Waals surface area contributed by atoms with Gasteiger partial charge in [0.25, 0.3) is 0 Å². The SMILES string of the molecule is Cc1c(N)nsc1NCC(C)C(C)(C)C. The molecule has 86 valence electrons. The first-order valence-electron chi connectivity index (χ1n) is 5.28. The van der Waals surface area contributed by atoms with Gasteiger partial charge in [0, 0.05) is 12.1 Å². The zero-order valence-electron chi connectivity index (χ0n) is 10.2. The second-order valence-electron chi connectivity index (χ2n) is 5.17. The Bertz CT molecular complexity index is 325. The molecule has 15 heavy (non-hydrogen) atoms. The summed E-state index contributed by atoms with van der Waals surface area (Å²) in [4.78, 5) is 0. The van der Waals surface area contributed by atoms with Crippen molar-refractivity contribution >= 4 is 22.4 Å². The second-order valence-corrected chi connectivity index (χ2v) is 5.94. The van der Waals surface area contributed by atoms with E-state index < -0.39 is 0 Å². The summed E-state index contributed by atoms with van der Waals surface area (Å²) in [7, 11) is 0. The third-order valence-electron chi connectivity index (χ3n) is 3.01. The Morgan fingerprint density at radius 3 is 2.47 bits per heavy atom. The van der Waals surface area contributed by atoms with E-state index in [1.807, 2.05) is 6.92 Å². The smallest absolute Gasteiger partial charge is 0.142 e. The summed E-state index contributed by atoms with van der Waals surface area (Å²) in [6.45, 7) is 12.0. The van der Waals surface area contributed by atoms with Crippen molar-refractivity contribution in [3.8, 4) is 0 Å². The van der Waals surface area contributed by atoms with E-state index in [4.69, 9.17) is 5.73 Å². The Hall–Kier alpha value is -0.770. The molecule has 4 heteroatoms. The van der Waals surface area contributed by atoms with Crippen molar-refractivity contribution in [1.82, 2.24) is 4.37 Å². The highest BCUT2D eigenvalue weighted by Gasteiger charge is 2.20. The first-order valence-corrected chi connectivity index (χ1v) is 6.05. The van der Waals surface area contributed by atoms with Crippen LogP contribution in [0.4, 0.5) is 10.8 Å². The molecule has 0 aliphatic rings. The number of rotatable bonds is 3. The van der Waals surface area contributed by atoms with E-state index in [-0.39, 0.29) is 0 Å². The summed E-state index contributed by atoms with van der Waals surface area (Å²) in [6.07, 6.45) is 0. The fraction of sp³-hybridized carbons (Fsp3) is 0.727. The lowest BCUT2D eigenvalue weighted by Crippen LogP contribution is -2.24. The predicted molar refractivity (Wildman–Crippen MR) is 68.4 cm³/mol. The lowest BCUT2D eigenvalue weighted by Gasteiger charge is -2.27.